The molecule has 0 aromatic heterocycles. The highest BCUT2D eigenvalue weighted by atomic mass is 16.5. The molecule has 4 heteroatoms. The lowest BCUT2D eigenvalue weighted by Gasteiger charge is -2.37. The van der Waals surface area contributed by atoms with Crippen molar-refractivity contribution in [2.24, 2.45) is 0 Å². The van der Waals surface area contributed by atoms with E-state index in [9.17, 15) is 4.79 Å². The summed E-state index contributed by atoms with van der Waals surface area (Å²) in [6.07, 6.45) is 0.728. The minimum Gasteiger partial charge on any atom is -0.497 e. The highest BCUT2D eigenvalue weighted by Gasteiger charge is 2.34. The van der Waals surface area contributed by atoms with Gasteiger partial charge in [0.15, 0.2) is 0 Å². The van der Waals surface area contributed by atoms with Crippen LogP contribution in [0.5, 0.6) is 11.5 Å². The van der Waals surface area contributed by atoms with Crippen molar-refractivity contribution in [3.8, 4) is 11.5 Å². The molecule has 23 heavy (non-hydrogen) atoms. The first-order chi connectivity index (χ1) is 11.0. The summed E-state index contributed by atoms with van der Waals surface area (Å²) in [5, 5.41) is 3.12. The molecule has 1 aliphatic rings. The molecule has 1 N–H and O–H groups in total. The largest absolute Gasteiger partial charge is 0.497 e. The molecule has 2 aromatic carbocycles. The normalized spacial score (nSPS) is 18.5. The van der Waals surface area contributed by atoms with Gasteiger partial charge >= 0.3 is 0 Å². The number of amides is 1. The van der Waals surface area contributed by atoms with Crippen LogP contribution in [0.2, 0.25) is 0 Å². The smallest absolute Gasteiger partial charge is 0.251 e. The molecule has 4 nitrogen and oxygen atoms in total. The predicted octanol–water partition coefficient (Wildman–Crippen LogP) is 3.73. The van der Waals surface area contributed by atoms with Crippen molar-refractivity contribution >= 4 is 5.91 Å². The van der Waals surface area contributed by atoms with Gasteiger partial charge in [0.05, 0.1) is 13.2 Å². The fourth-order valence-corrected chi connectivity index (χ4v) is 2.91. The molecule has 1 unspecified atom stereocenters. The van der Waals surface area contributed by atoms with Crippen LogP contribution in [0.25, 0.3) is 0 Å². The van der Waals surface area contributed by atoms with Crippen molar-refractivity contribution < 1.29 is 14.3 Å². The molecule has 120 valence electrons. The fraction of sp³-hybridized carbons (Fsp3) is 0.316. The lowest BCUT2D eigenvalue weighted by atomic mass is 9.89. The van der Waals surface area contributed by atoms with Gasteiger partial charge in [0, 0.05) is 17.5 Å². The Balaban J connectivity index is 1.82. The van der Waals surface area contributed by atoms with Crippen LogP contribution < -0.4 is 14.8 Å². The Bertz CT molecular complexity index is 707. The quantitative estimate of drug-likeness (QED) is 0.939. The number of para-hydroxylation sites is 1. The topological polar surface area (TPSA) is 47.6 Å². The van der Waals surface area contributed by atoms with Crippen molar-refractivity contribution in [3.63, 3.8) is 0 Å². The Hall–Kier alpha value is -2.49. The van der Waals surface area contributed by atoms with Crippen molar-refractivity contribution in [1.82, 2.24) is 5.32 Å². The summed E-state index contributed by atoms with van der Waals surface area (Å²) in [6, 6.07) is 14.9. The standard InChI is InChI=1S/C19H21NO3/c1-19(2)12-16(15-6-4-5-7-17(15)23-19)20-18(21)13-8-10-14(22-3)11-9-13/h4-11,16H,12H2,1-3H3,(H,20,21). The molecule has 1 heterocycles. The summed E-state index contributed by atoms with van der Waals surface area (Å²) >= 11 is 0. The SMILES string of the molecule is COc1ccc(C(=O)NC2CC(C)(C)Oc3ccccc32)cc1. The summed E-state index contributed by atoms with van der Waals surface area (Å²) < 4.78 is 11.1. The molecule has 1 amide bonds. The minimum atomic E-state index is -0.313. The number of nitrogens with one attached hydrogen (secondary N) is 1. The maximum Gasteiger partial charge on any atom is 0.251 e. The van der Waals surface area contributed by atoms with E-state index in [1.807, 2.05) is 38.1 Å². The van der Waals surface area contributed by atoms with Gasteiger partial charge in [0.1, 0.15) is 17.1 Å². The average molecular weight is 311 g/mol. The van der Waals surface area contributed by atoms with E-state index < -0.39 is 0 Å². The lowest BCUT2D eigenvalue weighted by molar-refractivity contribution is 0.0620. The Labute approximate surface area is 136 Å². The van der Waals surface area contributed by atoms with E-state index in [0.717, 1.165) is 23.5 Å². The monoisotopic (exact) mass is 311 g/mol. The molecular weight excluding hydrogens is 290 g/mol. The summed E-state index contributed by atoms with van der Waals surface area (Å²) in [6.45, 7) is 4.07. The predicted molar refractivity (Wildman–Crippen MR) is 89.0 cm³/mol. The average Bonchev–Trinajstić information content (AvgIpc) is 2.54. The van der Waals surface area contributed by atoms with Gasteiger partial charge in [-0.1, -0.05) is 18.2 Å². The second-order valence-electron chi connectivity index (χ2n) is 6.36. The van der Waals surface area contributed by atoms with Crippen molar-refractivity contribution in [3.05, 3.63) is 59.7 Å². The Kier molecular flexibility index (Phi) is 3.99. The maximum absolute atomic E-state index is 12.5. The van der Waals surface area contributed by atoms with Crippen molar-refractivity contribution in [2.45, 2.75) is 31.9 Å². The zero-order valence-corrected chi connectivity index (χ0v) is 13.6. The van der Waals surface area contributed by atoms with E-state index in [4.69, 9.17) is 9.47 Å². The van der Waals surface area contributed by atoms with Gasteiger partial charge < -0.3 is 14.8 Å². The number of carbonyl (C=O) groups is 1. The van der Waals surface area contributed by atoms with Gasteiger partial charge in [-0.3, -0.25) is 4.79 Å². The number of ether oxygens (including phenoxy) is 2. The molecule has 0 saturated heterocycles. The van der Waals surface area contributed by atoms with Gasteiger partial charge in [-0.05, 0) is 44.2 Å². The van der Waals surface area contributed by atoms with Crippen LogP contribution in [0.3, 0.4) is 0 Å². The number of carbonyl (C=O) groups excluding carboxylic acids is 1. The van der Waals surface area contributed by atoms with Gasteiger partial charge in [-0.25, -0.2) is 0 Å². The van der Waals surface area contributed by atoms with E-state index in [1.165, 1.54) is 0 Å². The Morgan fingerprint density at radius 2 is 1.87 bits per heavy atom. The summed E-state index contributed by atoms with van der Waals surface area (Å²) in [5.74, 6) is 1.48. The lowest BCUT2D eigenvalue weighted by Crippen LogP contribution is -2.41. The van der Waals surface area contributed by atoms with Gasteiger partial charge in [-0.15, -0.1) is 0 Å². The molecule has 3 rings (SSSR count). The summed E-state index contributed by atoms with van der Waals surface area (Å²) in [4.78, 5) is 12.5. The first-order valence-corrected chi connectivity index (χ1v) is 7.71. The zero-order valence-electron chi connectivity index (χ0n) is 13.6. The summed E-state index contributed by atoms with van der Waals surface area (Å²) in [5.41, 5.74) is 1.33. The minimum absolute atomic E-state index is 0.0652. The third kappa shape index (κ3) is 3.31. The van der Waals surface area contributed by atoms with Crippen LogP contribution >= 0.6 is 0 Å². The molecule has 0 bridgehead atoms. The molecule has 0 radical (unpaired) electrons. The molecule has 2 aromatic rings. The number of hydrogen-bond donors (Lipinski definition) is 1. The van der Waals surface area contributed by atoms with Gasteiger partial charge in [-0.2, -0.15) is 0 Å². The number of methoxy groups -OCH3 is 1. The molecule has 1 aliphatic heterocycles. The van der Waals surface area contributed by atoms with Crippen LogP contribution in [0.4, 0.5) is 0 Å². The van der Waals surface area contributed by atoms with E-state index in [2.05, 4.69) is 5.32 Å². The van der Waals surface area contributed by atoms with Crippen molar-refractivity contribution in [2.75, 3.05) is 7.11 Å². The highest BCUT2D eigenvalue weighted by Crippen LogP contribution is 2.39. The number of benzene rings is 2. The number of rotatable bonds is 3. The van der Waals surface area contributed by atoms with Gasteiger partial charge in [0.2, 0.25) is 0 Å². The van der Waals surface area contributed by atoms with E-state index in [1.54, 1.807) is 31.4 Å². The van der Waals surface area contributed by atoms with Crippen LogP contribution in [0.15, 0.2) is 48.5 Å². The Morgan fingerprint density at radius 1 is 1.17 bits per heavy atom. The third-order valence-electron chi connectivity index (χ3n) is 4.03. The van der Waals surface area contributed by atoms with E-state index in [0.29, 0.717) is 5.56 Å². The first-order valence-electron chi connectivity index (χ1n) is 7.71. The zero-order chi connectivity index (χ0) is 16.4. The van der Waals surface area contributed by atoms with Crippen LogP contribution in [0.1, 0.15) is 42.2 Å². The van der Waals surface area contributed by atoms with E-state index in [-0.39, 0.29) is 17.6 Å². The highest BCUT2D eigenvalue weighted by molar-refractivity contribution is 5.94. The van der Waals surface area contributed by atoms with Gasteiger partial charge in [0.25, 0.3) is 5.91 Å². The van der Waals surface area contributed by atoms with Crippen LogP contribution in [-0.2, 0) is 0 Å². The first kappa shape index (κ1) is 15.4. The van der Waals surface area contributed by atoms with E-state index >= 15 is 0 Å². The third-order valence-corrected chi connectivity index (χ3v) is 4.03. The molecular formula is C19H21NO3. The summed E-state index contributed by atoms with van der Waals surface area (Å²) in [7, 11) is 1.61. The molecule has 0 saturated carbocycles. The van der Waals surface area contributed by atoms with Crippen LogP contribution in [-0.4, -0.2) is 18.6 Å². The number of hydrogen-bond acceptors (Lipinski definition) is 3. The molecule has 0 fully saturated rings. The molecule has 0 spiro atoms. The Morgan fingerprint density at radius 3 is 2.57 bits per heavy atom. The van der Waals surface area contributed by atoms with Crippen LogP contribution in [0, 0.1) is 0 Å². The second kappa shape index (κ2) is 5.95. The fourth-order valence-electron chi connectivity index (χ4n) is 2.91. The molecule has 0 aliphatic carbocycles. The number of fused-ring (bicyclic) bond motifs is 1. The van der Waals surface area contributed by atoms with Crippen molar-refractivity contribution in [1.29, 1.82) is 0 Å². The molecule has 1 atom stereocenters. The second-order valence-corrected chi connectivity index (χ2v) is 6.36. The maximum atomic E-state index is 12.5.